The molecule has 0 unspecified atom stereocenters. The number of benzene rings is 3. The van der Waals surface area contributed by atoms with Gasteiger partial charge in [-0.25, -0.2) is 8.78 Å². The van der Waals surface area contributed by atoms with Gasteiger partial charge < -0.3 is 9.72 Å². The lowest BCUT2D eigenvalue weighted by atomic mass is 9.86. The van der Waals surface area contributed by atoms with Gasteiger partial charge in [0.2, 0.25) is 0 Å². The second kappa shape index (κ2) is 11.3. The van der Waals surface area contributed by atoms with Crippen molar-refractivity contribution in [2.45, 2.75) is 38.3 Å². The van der Waals surface area contributed by atoms with Crippen molar-refractivity contribution in [3.8, 4) is 5.75 Å². The van der Waals surface area contributed by atoms with Crippen LogP contribution in [0.1, 0.15) is 48.2 Å². The van der Waals surface area contributed by atoms with Crippen molar-refractivity contribution < 1.29 is 17.9 Å². The molecule has 0 aliphatic carbocycles. The van der Waals surface area contributed by atoms with Gasteiger partial charge in [0.1, 0.15) is 24.0 Å². The van der Waals surface area contributed by atoms with Crippen LogP contribution in [0.2, 0.25) is 0 Å². The predicted molar refractivity (Wildman–Crippen MR) is 153 cm³/mol. The highest BCUT2D eigenvalue weighted by Gasteiger charge is 2.39. The van der Waals surface area contributed by atoms with E-state index in [2.05, 4.69) is 46.8 Å². The smallest absolute Gasteiger partial charge is 0.135 e. The van der Waals surface area contributed by atoms with Crippen LogP contribution >= 0.6 is 0 Å². The molecule has 3 heterocycles. The molecule has 7 heteroatoms. The highest BCUT2D eigenvalue weighted by atomic mass is 19.1. The number of aromatic amines is 1. The molecule has 0 amide bonds. The molecule has 2 aliphatic rings. The second-order valence-electron chi connectivity index (χ2n) is 11.5. The fraction of sp³-hybridized carbons (Fsp3) is 0.394. The zero-order chi connectivity index (χ0) is 27.8. The van der Waals surface area contributed by atoms with E-state index in [-0.39, 0.29) is 35.9 Å². The largest absolute Gasteiger partial charge is 0.492 e. The maximum Gasteiger partial charge on any atom is 0.135 e. The summed E-state index contributed by atoms with van der Waals surface area (Å²) in [6, 6.07) is 20.4. The van der Waals surface area contributed by atoms with Crippen molar-refractivity contribution in [2.75, 3.05) is 39.5 Å². The van der Waals surface area contributed by atoms with Crippen LogP contribution in [0.4, 0.5) is 13.2 Å². The number of para-hydroxylation sites is 1. The van der Waals surface area contributed by atoms with E-state index in [4.69, 9.17) is 4.74 Å². The summed E-state index contributed by atoms with van der Waals surface area (Å²) < 4.78 is 50.3. The molecule has 0 radical (unpaired) electrons. The Morgan fingerprint density at radius 2 is 1.70 bits per heavy atom. The molecule has 0 spiro atoms. The van der Waals surface area contributed by atoms with Gasteiger partial charge in [-0.1, -0.05) is 55.5 Å². The van der Waals surface area contributed by atoms with Crippen molar-refractivity contribution in [3.05, 3.63) is 101 Å². The van der Waals surface area contributed by atoms with E-state index in [1.54, 1.807) is 0 Å². The van der Waals surface area contributed by atoms with Gasteiger partial charge in [-0.05, 0) is 36.5 Å². The SMILES string of the molecule is C[C@H](CN1[C@H](c2c(F)cc(OCCN3CC(CF)C3)cc2F)c2[nH]c3ccccc3c2C[C@H]1C)c1ccccc1. The number of alkyl halides is 1. The Morgan fingerprint density at radius 3 is 2.42 bits per heavy atom. The van der Waals surface area contributed by atoms with E-state index in [0.29, 0.717) is 32.8 Å². The van der Waals surface area contributed by atoms with E-state index in [0.717, 1.165) is 28.6 Å². The lowest BCUT2D eigenvalue weighted by molar-refractivity contribution is 0.0667. The minimum atomic E-state index is -0.613. The molecule has 3 aromatic carbocycles. The number of rotatable bonds is 9. The van der Waals surface area contributed by atoms with Crippen LogP contribution in [0, 0.1) is 17.6 Å². The van der Waals surface area contributed by atoms with Gasteiger partial charge in [-0.3, -0.25) is 14.2 Å². The molecule has 1 saturated heterocycles. The topological polar surface area (TPSA) is 31.5 Å². The normalized spacial score (nSPS) is 20.8. The Bertz CT molecular complexity index is 1440. The zero-order valence-electron chi connectivity index (χ0n) is 23.0. The van der Waals surface area contributed by atoms with Crippen LogP contribution in [-0.2, 0) is 6.42 Å². The third-order valence-corrected chi connectivity index (χ3v) is 8.62. The molecular formula is C33H36F3N3O. The summed E-state index contributed by atoms with van der Waals surface area (Å²) >= 11 is 0. The van der Waals surface area contributed by atoms with Crippen LogP contribution in [0.5, 0.6) is 5.75 Å². The average molecular weight is 548 g/mol. The highest BCUT2D eigenvalue weighted by Crippen LogP contribution is 2.43. The predicted octanol–water partition coefficient (Wildman–Crippen LogP) is 6.87. The Morgan fingerprint density at radius 1 is 1.00 bits per heavy atom. The van der Waals surface area contributed by atoms with E-state index >= 15 is 8.78 Å². The molecule has 1 fully saturated rings. The summed E-state index contributed by atoms with van der Waals surface area (Å²) in [5.74, 6) is -0.792. The third kappa shape index (κ3) is 5.13. The number of likely N-dealkylation sites (tertiary alicyclic amines) is 1. The zero-order valence-corrected chi connectivity index (χ0v) is 23.0. The molecule has 2 aliphatic heterocycles. The van der Waals surface area contributed by atoms with Gasteiger partial charge in [0.25, 0.3) is 0 Å². The summed E-state index contributed by atoms with van der Waals surface area (Å²) in [7, 11) is 0. The first-order chi connectivity index (χ1) is 19.4. The van der Waals surface area contributed by atoms with Crippen molar-refractivity contribution in [1.29, 1.82) is 0 Å². The van der Waals surface area contributed by atoms with Crippen molar-refractivity contribution in [2.24, 2.45) is 5.92 Å². The second-order valence-corrected chi connectivity index (χ2v) is 11.5. The number of hydrogen-bond donors (Lipinski definition) is 1. The van der Waals surface area contributed by atoms with Crippen molar-refractivity contribution >= 4 is 10.9 Å². The number of hydrogen-bond acceptors (Lipinski definition) is 3. The molecule has 0 saturated carbocycles. The number of nitrogens with one attached hydrogen (secondary N) is 1. The minimum absolute atomic E-state index is 0.0421. The molecule has 6 rings (SSSR count). The Kier molecular flexibility index (Phi) is 7.60. The number of H-pyrrole nitrogens is 1. The molecule has 40 heavy (non-hydrogen) atoms. The summed E-state index contributed by atoms with van der Waals surface area (Å²) in [5.41, 5.74) is 4.19. The summed E-state index contributed by atoms with van der Waals surface area (Å²) in [6.45, 7) is 6.95. The number of aromatic nitrogens is 1. The molecule has 4 nitrogen and oxygen atoms in total. The lowest BCUT2D eigenvalue weighted by Gasteiger charge is -2.42. The van der Waals surface area contributed by atoms with E-state index < -0.39 is 17.7 Å². The van der Waals surface area contributed by atoms with Crippen LogP contribution in [-0.4, -0.2) is 60.3 Å². The van der Waals surface area contributed by atoms with Crippen LogP contribution in [0.15, 0.2) is 66.7 Å². The van der Waals surface area contributed by atoms with Gasteiger partial charge in [0, 0.05) is 72.4 Å². The van der Waals surface area contributed by atoms with Crippen LogP contribution in [0.3, 0.4) is 0 Å². The number of halogens is 3. The highest BCUT2D eigenvalue weighted by molar-refractivity contribution is 5.85. The Labute approximate surface area is 233 Å². The number of fused-ring (bicyclic) bond motifs is 3. The first kappa shape index (κ1) is 26.9. The average Bonchev–Trinajstić information content (AvgIpc) is 3.29. The molecular weight excluding hydrogens is 511 g/mol. The number of nitrogens with zero attached hydrogens (tertiary/aromatic N) is 2. The van der Waals surface area contributed by atoms with Crippen molar-refractivity contribution in [3.63, 3.8) is 0 Å². The summed E-state index contributed by atoms with van der Waals surface area (Å²) in [4.78, 5) is 7.85. The molecule has 3 atom stereocenters. The van der Waals surface area contributed by atoms with E-state index in [9.17, 15) is 4.39 Å². The van der Waals surface area contributed by atoms with Crippen LogP contribution in [0.25, 0.3) is 10.9 Å². The van der Waals surface area contributed by atoms with Gasteiger partial charge in [-0.15, -0.1) is 0 Å². The minimum Gasteiger partial charge on any atom is -0.492 e. The fourth-order valence-electron chi connectivity index (χ4n) is 6.46. The quantitative estimate of drug-likeness (QED) is 0.248. The third-order valence-electron chi connectivity index (χ3n) is 8.62. The van der Waals surface area contributed by atoms with Gasteiger partial charge in [-0.2, -0.15) is 0 Å². The van der Waals surface area contributed by atoms with E-state index in [1.165, 1.54) is 17.7 Å². The van der Waals surface area contributed by atoms with E-state index in [1.807, 2.05) is 36.4 Å². The molecule has 1 N–H and O–H groups in total. The van der Waals surface area contributed by atoms with Gasteiger partial charge >= 0.3 is 0 Å². The Hall–Kier alpha value is -3.29. The molecule has 4 aromatic rings. The number of ether oxygens (including phenoxy) is 1. The standard InChI is InChI=1S/C33H36F3N3O/c1-21(24-8-4-3-5-9-24)18-39-22(2)14-27-26-10-6-7-11-30(26)37-32(27)33(39)31-28(35)15-25(16-29(31)36)40-13-12-38-19-23(17-34)20-38/h3-11,15-16,21-23,33,37H,12-14,17-20H2,1-2H3/t21-,22-,33-/m1/s1. The van der Waals surface area contributed by atoms with Gasteiger partial charge in [0.15, 0.2) is 0 Å². The lowest BCUT2D eigenvalue weighted by Crippen LogP contribution is -2.49. The first-order valence-electron chi connectivity index (χ1n) is 14.2. The van der Waals surface area contributed by atoms with Gasteiger partial charge in [0.05, 0.1) is 12.7 Å². The van der Waals surface area contributed by atoms with Crippen LogP contribution < -0.4 is 4.74 Å². The first-order valence-corrected chi connectivity index (χ1v) is 14.2. The molecule has 0 bridgehead atoms. The summed E-state index contributed by atoms with van der Waals surface area (Å²) in [5, 5.41) is 1.10. The maximum absolute atomic E-state index is 16.0. The molecule has 1 aromatic heterocycles. The Balaban J connectivity index is 1.32. The van der Waals surface area contributed by atoms with Crippen molar-refractivity contribution in [1.82, 2.24) is 14.8 Å². The monoisotopic (exact) mass is 547 g/mol. The molecule has 210 valence electrons. The maximum atomic E-state index is 16.0. The fourth-order valence-corrected chi connectivity index (χ4v) is 6.46. The summed E-state index contributed by atoms with van der Waals surface area (Å²) in [6.07, 6.45) is 0.793.